The number of piperazine rings is 1. The second kappa shape index (κ2) is 4.43. The topological polar surface area (TPSA) is 15.3 Å². The minimum atomic E-state index is -4.07. The van der Waals surface area contributed by atoms with Crippen LogP contribution in [-0.4, -0.2) is 41.8 Å². The molecule has 0 spiro atoms. The largest absolute Gasteiger partial charge is 0.406 e. The average molecular weight is 250 g/mol. The molecule has 1 aliphatic carbocycles. The summed E-state index contributed by atoms with van der Waals surface area (Å²) in [6.45, 7) is 5.17. The molecule has 5 heteroatoms. The van der Waals surface area contributed by atoms with Crippen molar-refractivity contribution >= 4 is 0 Å². The Morgan fingerprint density at radius 3 is 2.47 bits per heavy atom. The zero-order valence-electron chi connectivity index (χ0n) is 10.5. The molecule has 0 aromatic heterocycles. The smallest absolute Gasteiger partial charge is 0.311 e. The summed E-state index contributed by atoms with van der Waals surface area (Å²) < 4.78 is 39.3. The molecule has 1 N–H and O–H groups in total. The second-order valence-corrected chi connectivity index (χ2v) is 5.42. The molecule has 0 bridgehead atoms. The normalized spacial score (nSPS) is 33.7. The Balaban J connectivity index is 2.08. The summed E-state index contributed by atoms with van der Waals surface area (Å²) in [6, 6.07) is 0.197. The maximum Gasteiger partial charge on any atom is 0.406 e. The molecular weight excluding hydrogens is 229 g/mol. The molecule has 1 heterocycles. The fraction of sp³-hybridized carbons (Fsp3) is 1.00. The first kappa shape index (κ1) is 13.1. The molecule has 1 saturated heterocycles. The van der Waals surface area contributed by atoms with Crippen LogP contribution in [0.25, 0.3) is 0 Å². The van der Waals surface area contributed by atoms with Gasteiger partial charge in [-0.3, -0.25) is 4.90 Å². The van der Waals surface area contributed by atoms with Crippen molar-refractivity contribution in [1.82, 2.24) is 10.2 Å². The molecule has 2 atom stereocenters. The summed E-state index contributed by atoms with van der Waals surface area (Å²) in [7, 11) is 0. The number of hydrogen-bond donors (Lipinski definition) is 1. The Hall–Kier alpha value is -0.290. The van der Waals surface area contributed by atoms with Crippen LogP contribution >= 0.6 is 0 Å². The van der Waals surface area contributed by atoms with Gasteiger partial charge in [0.2, 0.25) is 0 Å². The van der Waals surface area contributed by atoms with Gasteiger partial charge >= 0.3 is 6.18 Å². The molecular formula is C12H21F3N2. The molecule has 0 aromatic carbocycles. The number of nitrogens with one attached hydrogen (secondary N) is 1. The Kier molecular flexibility index (Phi) is 3.42. The molecule has 100 valence electrons. The van der Waals surface area contributed by atoms with E-state index in [4.69, 9.17) is 0 Å². The lowest BCUT2D eigenvalue weighted by molar-refractivity contribution is -0.205. The molecule has 2 aliphatic rings. The summed E-state index contributed by atoms with van der Waals surface area (Å²) in [5.41, 5.74) is -1.50. The summed E-state index contributed by atoms with van der Waals surface area (Å²) in [5.74, 6) is 0. The first-order valence-corrected chi connectivity index (χ1v) is 6.47. The molecule has 0 aromatic rings. The maximum atomic E-state index is 13.1. The number of hydrogen-bond acceptors (Lipinski definition) is 2. The molecule has 17 heavy (non-hydrogen) atoms. The zero-order valence-corrected chi connectivity index (χ0v) is 10.5. The van der Waals surface area contributed by atoms with Crippen LogP contribution in [0.2, 0.25) is 0 Å². The van der Waals surface area contributed by atoms with Crippen LogP contribution in [0.5, 0.6) is 0 Å². The van der Waals surface area contributed by atoms with Gasteiger partial charge < -0.3 is 5.32 Å². The molecule has 0 radical (unpaired) electrons. The third-order valence-corrected chi connectivity index (χ3v) is 4.09. The van der Waals surface area contributed by atoms with Crippen molar-refractivity contribution in [3.05, 3.63) is 0 Å². The number of rotatable bonds is 3. The zero-order chi connectivity index (χ0) is 12.7. The minimum absolute atomic E-state index is 0.0211. The summed E-state index contributed by atoms with van der Waals surface area (Å²) in [6.07, 6.45) is -1.55. The summed E-state index contributed by atoms with van der Waals surface area (Å²) in [4.78, 5) is 1.70. The van der Waals surface area contributed by atoms with E-state index >= 15 is 0 Å². The standard InChI is InChI=1S/C12H21F3N2/c1-3-4-10-8-17(9(2)7-16-10)11(5-6-11)12(13,14)15/h9-10,16H,3-8H2,1-2H3. The van der Waals surface area contributed by atoms with Crippen molar-refractivity contribution in [2.45, 2.75) is 63.3 Å². The molecule has 2 nitrogen and oxygen atoms in total. The van der Waals surface area contributed by atoms with Crippen molar-refractivity contribution in [3.63, 3.8) is 0 Å². The van der Waals surface area contributed by atoms with Gasteiger partial charge in [0.05, 0.1) is 0 Å². The van der Waals surface area contributed by atoms with Crippen LogP contribution in [0, 0.1) is 0 Å². The van der Waals surface area contributed by atoms with Crippen molar-refractivity contribution < 1.29 is 13.2 Å². The predicted octanol–water partition coefficient (Wildman–Crippen LogP) is 2.54. The van der Waals surface area contributed by atoms with Gasteiger partial charge in [0, 0.05) is 25.2 Å². The van der Waals surface area contributed by atoms with Gasteiger partial charge in [0.15, 0.2) is 0 Å². The molecule has 2 rings (SSSR count). The van der Waals surface area contributed by atoms with E-state index in [0.717, 1.165) is 12.8 Å². The highest BCUT2D eigenvalue weighted by atomic mass is 19.4. The Morgan fingerprint density at radius 1 is 1.35 bits per heavy atom. The van der Waals surface area contributed by atoms with Gasteiger partial charge in [-0.2, -0.15) is 13.2 Å². The molecule has 2 unspecified atom stereocenters. The predicted molar refractivity (Wildman–Crippen MR) is 60.9 cm³/mol. The third-order valence-electron chi connectivity index (χ3n) is 4.09. The molecule has 1 aliphatic heterocycles. The van der Waals surface area contributed by atoms with Crippen LogP contribution in [0.4, 0.5) is 13.2 Å². The molecule has 0 amide bonds. The van der Waals surface area contributed by atoms with E-state index in [9.17, 15) is 13.2 Å². The monoisotopic (exact) mass is 250 g/mol. The first-order chi connectivity index (χ1) is 7.90. The number of halogens is 3. The van der Waals surface area contributed by atoms with Crippen LogP contribution < -0.4 is 5.32 Å². The van der Waals surface area contributed by atoms with E-state index in [0.29, 0.717) is 13.1 Å². The van der Waals surface area contributed by atoms with Crippen molar-refractivity contribution in [1.29, 1.82) is 0 Å². The summed E-state index contributed by atoms with van der Waals surface area (Å²) in [5, 5.41) is 3.34. The Bertz CT molecular complexity index is 273. The Morgan fingerprint density at radius 2 is 2.00 bits per heavy atom. The fourth-order valence-electron chi connectivity index (χ4n) is 2.92. The van der Waals surface area contributed by atoms with Crippen molar-refractivity contribution in [2.24, 2.45) is 0 Å². The van der Waals surface area contributed by atoms with Crippen LogP contribution in [0.15, 0.2) is 0 Å². The number of nitrogens with zero attached hydrogens (tertiary/aromatic N) is 1. The lowest BCUT2D eigenvalue weighted by Gasteiger charge is -2.44. The highest BCUT2D eigenvalue weighted by Gasteiger charge is 2.67. The highest BCUT2D eigenvalue weighted by Crippen LogP contribution is 2.54. The van der Waals surface area contributed by atoms with E-state index in [1.807, 2.05) is 6.92 Å². The molecule has 1 saturated carbocycles. The average Bonchev–Trinajstić information content (AvgIpc) is 3.01. The van der Waals surface area contributed by atoms with E-state index in [-0.39, 0.29) is 24.9 Å². The quantitative estimate of drug-likeness (QED) is 0.828. The highest BCUT2D eigenvalue weighted by molar-refractivity contribution is 5.12. The van der Waals surface area contributed by atoms with Gasteiger partial charge in [-0.25, -0.2) is 0 Å². The SMILES string of the molecule is CCCC1CN(C2(C(F)(F)F)CC2)C(C)CN1. The molecule has 2 fully saturated rings. The van der Waals surface area contributed by atoms with Gasteiger partial charge in [0.25, 0.3) is 0 Å². The van der Waals surface area contributed by atoms with Crippen molar-refractivity contribution in [3.8, 4) is 0 Å². The van der Waals surface area contributed by atoms with Gasteiger partial charge in [-0.15, -0.1) is 0 Å². The van der Waals surface area contributed by atoms with Crippen LogP contribution in [-0.2, 0) is 0 Å². The van der Waals surface area contributed by atoms with E-state index < -0.39 is 11.7 Å². The van der Waals surface area contributed by atoms with Crippen LogP contribution in [0.3, 0.4) is 0 Å². The van der Waals surface area contributed by atoms with E-state index in [2.05, 4.69) is 12.2 Å². The summed E-state index contributed by atoms with van der Waals surface area (Å²) >= 11 is 0. The van der Waals surface area contributed by atoms with Gasteiger partial charge in [0.1, 0.15) is 5.54 Å². The van der Waals surface area contributed by atoms with E-state index in [1.54, 1.807) is 4.90 Å². The van der Waals surface area contributed by atoms with Gasteiger partial charge in [-0.05, 0) is 26.2 Å². The Labute approximate surface area is 101 Å². The first-order valence-electron chi connectivity index (χ1n) is 6.47. The minimum Gasteiger partial charge on any atom is -0.311 e. The third kappa shape index (κ3) is 2.32. The lowest BCUT2D eigenvalue weighted by Crippen LogP contribution is -2.62. The van der Waals surface area contributed by atoms with Crippen LogP contribution in [0.1, 0.15) is 39.5 Å². The second-order valence-electron chi connectivity index (χ2n) is 5.42. The number of alkyl halides is 3. The van der Waals surface area contributed by atoms with Gasteiger partial charge in [-0.1, -0.05) is 13.3 Å². The van der Waals surface area contributed by atoms with E-state index in [1.165, 1.54) is 0 Å². The lowest BCUT2D eigenvalue weighted by atomic mass is 10.0. The van der Waals surface area contributed by atoms with Crippen molar-refractivity contribution in [2.75, 3.05) is 13.1 Å². The maximum absolute atomic E-state index is 13.1. The fourth-order valence-corrected chi connectivity index (χ4v) is 2.92.